The highest BCUT2D eigenvalue weighted by atomic mass is 16.5. The van der Waals surface area contributed by atoms with Gasteiger partial charge in [-0.1, -0.05) is 0 Å². The Labute approximate surface area is 112 Å². The van der Waals surface area contributed by atoms with Crippen LogP contribution in [0.3, 0.4) is 0 Å². The van der Waals surface area contributed by atoms with Gasteiger partial charge in [-0.3, -0.25) is 0 Å². The lowest BCUT2D eigenvalue weighted by Gasteiger charge is -2.09. The predicted octanol–water partition coefficient (Wildman–Crippen LogP) is 2.92. The average molecular weight is 262 g/mol. The molecule has 5 nitrogen and oxygen atoms in total. The van der Waals surface area contributed by atoms with E-state index in [-0.39, 0.29) is 0 Å². The van der Waals surface area contributed by atoms with Gasteiger partial charge in [0.1, 0.15) is 17.3 Å². The fourth-order valence-corrected chi connectivity index (χ4v) is 1.70. The molecule has 5 heteroatoms. The second-order valence-corrected chi connectivity index (χ2v) is 4.20. The highest BCUT2D eigenvalue weighted by Gasteiger charge is 2.06. The number of rotatable bonds is 5. The molecule has 0 aliphatic carbocycles. The van der Waals surface area contributed by atoms with Crippen molar-refractivity contribution in [3.05, 3.63) is 35.5 Å². The maximum Gasteiger partial charge on any atom is 0.213 e. The van der Waals surface area contributed by atoms with Gasteiger partial charge in [0.05, 0.1) is 26.5 Å². The predicted molar refractivity (Wildman–Crippen MR) is 72.8 cm³/mol. The number of oxazole rings is 1. The number of nitrogens with zero attached hydrogens (tertiary/aromatic N) is 1. The summed E-state index contributed by atoms with van der Waals surface area (Å²) < 4.78 is 15.9. The molecule has 0 aliphatic rings. The van der Waals surface area contributed by atoms with Gasteiger partial charge >= 0.3 is 0 Å². The lowest BCUT2D eigenvalue weighted by Crippen LogP contribution is -2.00. The minimum Gasteiger partial charge on any atom is -0.497 e. The average Bonchev–Trinajstić information content (AvgIpc) is 2.75. The molecule has 1 aromatic carbocycles. The monoisotopic (exact) mass is 262 g/mol. The molecule has 0 atom stereocenters. The number of nitrogens with one attached hydrogen (secondary N) is 1. The Morgan fingerprint density at radius 3 is 2.21 bits per heavy atom. The molecule has 0 radical (unpaired) electrons. The Kier molecular flexibility index (Phi) is 3.94. The molecular formula is C14H18N2O3. The highest BCUT2D eigenvalue weighted by molar-refractivity contribution is 5.53. The third-order valence-corrected chi connectivity index (χ3v) is 2.87. The van der Waals surface area contributed by atoms with Gasteiger partial charge in [0, 0.05) is 23.9 Å². The van der Waals surface area contributed by atoms with Crippen molar-refractivity contribution in [3.8, 4) is 11.5 Å². The van der Waals surface area contributed by atoms with E-state index in [2.05, 4.69) is 10.3 Å². The van der Waals surface area contributed by atoms with Gasteiger partial charge in [-0.15, -0.1) is 0 Å². The van der Waals surface area contributed by atoms with Crippen LogP contribution >= 0.6 is 0 Å². The Morgan fingerprint density at radius 1 is 1.11 bits per heavy atom. The first kappa shape index (κ1) is 13.3. The van der Waals surface area contributed by atoms with Crippen LogP contribution in [0.1, 0.15) is 17.3 Å². The van der Waals surface area contributed by atoms with Crippen molar-refractivity contribution in [2.75, 3.05) is 19.5 Å². The van der Waals surface area contributed by atoms with E-state index < -0.39 is 0 Å². The second-order valence-electron chi connectivity index (χ2n) is 4.20. The van der Waals surface area contributed by atoms with E-state index in [0.717, 1.165) is 28.6 Å². The van der Waals surface area contributed by atoms with E-state index in [1.165, 1.54) is 0 Å². The zero-order chi connectivity index (χ0) is 13.8. The first-order chi connectivity index (χ1) is 9.12. The summed E-state index contributed by atoms with van der Waals surface area (Å²) in [6, 6.07) is 5.61. The van der Waals surface area contributed by atoms with Crippen molar-refractivity contribution in [3.63, 3.8) is 0 Å². The number of aryl methyl sites for hydroxylation is 2. The maximum absolute atomic E-state index is 5.51. The molecular weight excluding hydrogens is 244 g/mol. The molecule has 1 heterocycles. The van der Waals surface area contributed by atoms with Crippen molar-refractivity contribution in [1.29, 1.82) is 0 Å². The van der Waals surface area contributed by atoms with Crippen LogP contribution < -0.4 is 14.8 Å². The standard InChI is InChI=1S/C14H18N2O3/c1-9-10(2)19-14(16-9)8-15-11-5-12(17-3)7-13(6-11)18-4/h5-7,15H,8H2,1-4H3. The second kappa shape index (κ2) is 5.65. The number of methoxy groups -OCH3 is 2. The van der Waals surface area contributed by atoms with Gasteiger partial charge in [0.2, 0.25) is 5.89 Å². The molecule has 0 bridgehead atoms. The van der Waals surface area contributed by atoms with E-state index >= 15 is 0 Å². The van der Waals surface area contributed by atoms with E-state index in [0.29, 0.717) is 12.4 Å². The van der Waals surface area contributed by atoms with E-state index in [9.17, 15) is 0 Å². The topological polar surface area (TPSA) is 56.5 Å². The first-order valence-electron chi connectivity index (χ1n) is 6.02. The summed E-state index contributed by atoms with van der Waals surface area (Å²) in [7, 11) is 3.25. The zero-order valence-electron chi connectivity index (χ0n) is 11.6. The number of hydrogen-bond acceptors (Lipinski definition) is 5. The van der Waals surface area contributed by atoms with Crippen LogP contribution in [0, 0.1) is 13.8 Å². The Bertz CT molecular complexity index is 522. The Morgan fingerprint density at radius 2 is 1.74 bits per heavy atom. The first-order valence-corrected chi connectivity index (χ1v) is 6.02. The summed E-state index contributed by atoms with van der Waals surface area (Å²) in [4.78, 5) is 4.32. The molecule has 0 amide bonds. The number of ether oxygens (including phenoxy) is 2. The van der Waals surface area contributed by atoms with Crippen LogP contribution in [-0.2, 0) is 6.54 Å². The van der Waals surface area contributed by atoms with Gasteiger partial charge in [-0.2, -0.15) is 0 Å². The van der Waals surface area contributed by atoms with Gasteiger partial charge in [0.25, 0.3) is 0 Å². The Balaban J connectivity index is 2.10. The highest BCUT2D eigenvalue weighted by Crippen LogP contribution is 2.26. The SMILES string of the molecule is COc1cc(NCc2nc(C)c(C)o2)cc(OC)c1. The number of benzene rings is 1. The lowest BCUT2D eigenvalue weighted by atomic mass is 10.2. The summed E-state index contributed by atoms with van der Waals surface area (Å²) in [5.74, 6) is 2.99. The third-order valence-electron chi connectivity index (χ3n) is 2.87. The molecule has 1 aromatic heterocycles. The molecule has 19 heavy (non-hydrogen) atoms. The van der Waals surface area contributed by atoms with Crippen LogP contribution in [0.5, 0.6) is 11.5 Å². The van der Waals surface area contributed by atoms with Crippen molar-refractivity contribution in [1.82, 2.24) is 4.98 Å². The molecule has 0 saturated heterocycles. The van der Waals surface area contributed by atoms with E-state index in [1.54, 1.807) is 14.2 Å². The van der Waals surface area contributed by atoms with Crippen LogP contribution in [0.2, 0.25) is 0 Å². The number of aromatic nitrogens is 1. The lowest BCUT2D eigenvalue weighted by molar-refractivity contribution is 0.394. The minimum atomic E-state index is 0.519. The summed E-state index contributed by atoms with van der Waals surface area (Å²) in [6.45, 7) is 4.35. The summed E-state index contributed by atoms with van der Waals surface area (Å²) in [5, 5.41) is 3.23. The molecule has 1 N–H and O–H groups in total. The van der Waals surface area contributed by atoms with Gasteiger partial charge in [0.15, 0.2) is 0 Å². The quantitative estimate of drug-likeness (QED) is 0.897. The molecule has 2 rings (SSSR count). The van der Waals surface area contributed by atoms with Gasteiger partial charge in [-0.05, 0) is 13.8 Å². The number of anilines is 1. The molecule has 102 valence electrons. The normalized spacial score (nSPS) is 10.3. The summed E-state index contributed by atoms with van der Waals surface area (Å²) >= 11 is 0. The van der Waals surface area contributed by atoms with Gasteiger partial charge < -0.3 is 19.2 Å². The molecule has 0 aliphatic heterocycles. The van der Waals surface area contributed by atoms with Crippen LogP contribution in [0.15, 0.2) is 22.6 Å². The van der Waals surface area contributed by atoms with E-state index in [1.807, 2.05) is 32.0 Å². The van der Waals surface area contributed by atoms with Crippen LogP contribution in [-0.4, -0.2) is 19.2 Å². The molecule has 0 saturated carbocycles. The molecule has 0 fully saturated rings. The summed E-state index contributed by atoms with van der Waals surface area (Å²) in [5.41, 5.74) is 1.81. The van der Waals surface area contributed by atoms with Crippen molar-refractivity contribution >= 4 is 5.69 Å². The van der Waals surface area contributed by atoms with Crippen LogP contribution in [0.25, 0.3) is 0 Å². The largest absolute Gasteiger partial charge is 0.497 e. The molecule has 0 spiro atoms. The summed E-state index contributed by atoms with van der Waals surface area (Å²) in [6.07, 6.45) is 0. The molecule has 2 aromatic rings. The fourth-order valence-electron chi connectivity index (χ4n) is 1.70. The molecule has 0 unspecified atom stereocenters. The van der Waals surface area contributed by atoms with Crippen molar-refractivity contribution in [2.24, 2.45) is 0 Å². The maximum atomic E-state index is 5.51. The Hall–Kier alpha value is -2.17. The zero-order valence-corrected chi connectivity index (χ0v) is 11.6. The van der Waals surface area contributed by atoms with Gasteiger partial charge in [-0.25, -0.2) is 4.98 Å². The minimum absolute atomic E-state index is 0.519. The fraction of sp³-hybridized carbons (Fsp3) is 0.357. The number of hydrogen-bond donors (Lipinski definition) is 1. The van der Waals surface area contributed by atoms with Crippen LogP contribution in [0.4, 0.5) is 5.69 Å². The van der Waals surface area contributed by atoms with Crippen molar-refractivity contribution < 1.29 is 13.9 Å². The smallest absolute Gasteiger partial charge is 0.213 e. The third kappa shape index (κ3) is 3.19. The van der Waals surface area contributed by atoms with E-state index in [4.69, 9.17) is 13.9 Å². The van der Waals surface area contributed by atoms with Crippen molar-refractivity contribution in [2.45, 2.75) is 20.4 Å².